The maximum absolute atomic E-state index is 12.8. The molecular weight excluding hydrogens is 386 g/mol. The smallest absolute Gasteiger partial charge is 0.243 e. The van der Waals surface area contributed by atoms with Gasteiger partial charge in [-0.25, -0.2) is 0 Å². The highest BCUT2D eigenvalue weighted by Gasteiger charge is 2.39. The van der Waals surface area contributed by atoms with Crippen molar-refractivity contribution in [3.63, 3.8) is 0 Å². The Balaban J connectivity index is 2.70. The van der Waals surface area contributed by atoms with Crippen LogP contribution in [-0.4, -0.2) is 72.2 Å². The van der Waals surface area contributed by atoms with Crippen molar-refractivity contribution in [1.29, 1.82) is 0 Å². The number of carbonyl (C=O) groups is 3. The molecule has 0 radical (unpaired) electrons. The molecule has 0 saturated carbocycles. The van der Waals surface area contributed by atoms with E-state index in [1.54, 1.807) is 0 Å². The summed E-state index contributed by atoms with van der Waals surface area (Å²) in [6.07, 6.45) is 3.03. The molecule has 10 heteroatoms. The highest BCUT2D eigenvalue weighted by molar-refractivity contribution is 6.28. The van der Waals surface area contributed by atoms with Crippen LogP contribution in [0.3, 0.4) is 0 Å². The van der Waals surface area contributed by atoms with Gasteiger partial charge in [-0.1, -0.05) is 13.3 Å². The average molecular weight is 418 g/mol. The molecule has 0 spiro atoms. The average Bonchev–Trinajstić information content (AvgIpc) is 3.08. The van der Waals surface area contributed by atoms with E-state index in [-0.39, 0.29) is 35.5 Å². The third-order valence-corrected chi connectivity index (χ3v) is 4.87. The molecule has 28 heavy (non-hydrogen) atoms. The molecule has 0 aromatic rings. The van der Waals surface area contributed by atoms with E-state index < -0.39 is 12.1 Å². The van der Waals surface area contributed by atoms with E-state index in [2.05, 4.69) is 17.2 Å². The van der Waals surface area contributed by atoms with Gasteiger partial charge in [-0.2, -0.15) is 0 Å². The number of amides is 2. The van der Waals surface area contributed by atoms with Gasteiger partial charge in [0.2, 0.25) is 11.8 Å². The number of Topliss-reactive ketones (excluding diaryl/α,β-unsaturated/α-hetero) is 1. The summed E-state index contributed by atoms with van der Waals surface area (Å²) in [5.41, 5.74) is 10.6. The Hall–Kier alpha value is -1.87. The zero-order chi connectivity index (χ0) is 21.1. The number of alkyl halides is 1. The van der Waals surface area contributed by atoms with Crippen molar-refractivity contribution in [1.82, 2.24) is 10.2 Å². The first-order chi connectivity index (χ1) is 13.3. The summed E-state index contributed by atoms with van der Waals surface area (Å²) < 4.78 is 5.78. The Morgan fingerprint density at radius 1 is 1.32 bits per heavy atom. The van der Waals surface area contributed by atoms with Gasteiger partial charge in [0, 0.05) is 33.0 Å². The SMILES string of the molecule is CCCCO[C@@H]1C[C@@H](C(=O)N[C@@H](CCCN=C(N)N)C(=O)CCl)N(C(C)=O)C1. The van der Waals surface area contributed by atoms with Crippen LogP contribution in [0.2, 0.25) is 0 Å². The Labute approximate surface area is 171 Å². The number of aliphatic imine (C=N–C) groups is 1. The van der Waals surface area contributed by atoms with E-state index in [1.807, 2.05) is 0 Å². The molecule has 0 bridgehead atoms. The normalized spacial score (nSPS) is 19.9. The van der Waals surface area contributed by atoms with E-state index in [1.165, 1.54) is 11.8 Å². The quantitative estimate of drug-likeness (QED) is 0.178. The van der Waals surface area contributed by atoms with Gasteiger partial charge in [0.15, 0.2) is 11.7 Å². The highest BCUT2D eigenvalue weighted by atomic mass is 35.5. The van der Waals surface area contributed by atoms with Crippen molar-refractivity contribution >= 4 is 35.2 Å². The monoisotopic (exact) mass is 417 g/mol. The molecule has 2 amide bonds. The molecular formula is C18H32ClN5O4. The van der Waals surface area contributed by atoms with Crippen LogP contribution in [0.1, 0.15) is 46.0 Å². The van der Waals surface area contributed by atoms with Crippen LogP contribution in [0.5, 0.6) is 0 Å². The van der Waals surface area contributed by atoms with Crippen LogP contribution in [0, 0.1) is 0 Å². The van der Waals surface area contributed by atoms with Crippen molar-refractivity contribution < 1.29 is 19.1 Å². The number of nitrogens with two attached hydrogens (primary N) is 2. The van der Waals surface area contributed by atoms with Crippen molar-refractivity contribution in [2.45, 2.75) is 64.1 Å². The van der Waals surface area contributed by atoms with Gasteiger partial charge in [0.05, 0.1) is 18.0 Å². The number of likely N-dealkylation sites (tertiary alicyclic amines) is 1. The lowest BCUT2D eigenvalue weighted by molar-refractivity contribution is -0.138. The molecule has 0 unspecified atom stereocenters. The number of guanidine groups is 1. The molecule has 160 valence electrons. The second kappa shape index (κ2) is 12.6. The van der Waals surface area contributed by atoms with Gasteiger partial charge in [0.25, 0.3) is 0 Å². The molecule has 3 atom stereocenters. The largest absolute Gasteiger partial charge is 0.376 e. The molecule has 1 saturated heterocycles. The number of halogens is 1. The number of carbonyl (C=O) groups excluding carboxylic acids is 3. The number of nitrogens with one attached hydrogen (secondary N) is 1. The zero-order valence-corrected chi connectivity index (χ0v) is 17.4. The molecule has 1 rings (SSSR count). The van der Waals surface area contributed by atoms with Crippen LogP contribution in [0.15, 0.2) is 4.99 Å². The lowest BCUT2D eigenvalue weighted by atomic mass is 10.1. The fraction of sp³-hybridized carbons (Fsp3) is 0.778. The summed E-state index contributed by atoms with van der Waals surface area (Å²) >= 11 is 5.67. The molecule has 1 aliphatic heterocycles. The molecule has 5 N–H and O–H groups in total. The lowest BCUT2D eigenvalue weighted by Gasteiger charge is -2.24. The van der Waals surface area contributed by atoms with Gasteiger partial charge >= 0.3 is 0 Å². The lowest BCUT2D eigenvalue weighted by Crippen LogP contribution is -2.50. The minimum atomic E-state index is -0.743. The number of hydrogen-bond donors (Lipinski definition) is 3. The van der Waals surface area contributed by atoms with E-state index in [9.17, 15) is 14.4 Å². The van der Waals surface area contributed by atoms with Crippen molar-refractivity contribution in [2.75, 3.05) is 25.6 Å². The third kappa shape index (κ3) is 8.02. The minimum Gasteiger partial charge on any atom is -0.376 e. The molecule has 1 aliphatic rings. The number of ketones is 1. The number of hydrogen-bond acceptors (Lipinski definition) is 5. The summed E-state index contributed by atoms with van der Waals surface area (Å²) in [5, 5.41) is 2.74. The number of rotatable bonds is 12. The molecule has 1 heterocycles. The predicted octanol–water partition coefficient (Wildman–Crippen LogP) is 0.139. The van der Waals surface area contributed by atoms with E-state index in [0.29, 0.717) is 39.0 Å². The topological polar surface area (TPSA) is 140 Å². The number of ether oxygens (including phenoxy) is 1. The Bertz CT molecular complexity index is 568. The second-order valence-corrected chi connectivity index (χ2v) is 7.15. The number of unbranched alkanes of at least 4 members (excludes halogenated alkanes) is 1. The molecule has 0 aromatic carbocycles. The van der Waals surface area contributed by atoms with Gasteiger partial charge in [0.1, 0.15) is 6.04 Å². The predicted molar refractivity (Wildman–Crippen MR) is 108 cm³/mol. The standard InChI is InChI=1S/C18H32ClN5O4/c1-3-4-8-28-13-9-15(24(11-13)12(2)25)17(27)23-14(16(26)10-19)6-5-7-22-18(20)21/h13-15H,3-11H2,1-2H3,(H,23,27)(H4,20,21,22)/t13-,14+,15+/m1/s1. The summed E-state index contributed by atoms with van der Waals surface area (Å²) in [6, 6.07) is -1.40. The van der Waals surface area contributed by atoms with Crippen LogP contribution in [0.25, 0.3) is 0 Å². The Morgan fingerprint density at radius 3 is 2.61 bits per heavy atom. The molecule has 1 fully saturated rings. The fourth-order valence-corrected chi connectivity index (χ4v) is 3.27. The molecule has 0 aliphatic carbocycles. The van der Waals surface area contributed by atoms with E-state index in [0.717, 1.165) is 12.8 Å². The maximum atomic E-state index is 12.8. The van der Waals surface area contributed by atoms with E-state index >= 15 is 0 Å². The van der Waals surface area contributed by atoms with Crippen LogP contribution >= 0.6 is 11.6 Å². The maximum Gasteiger partial charge on any atom is 0.243 e. The van der Waals surface area contributed by atoms with Gasteiger partial charge in [-0.05, 0) is 19.3 Å². The van der Waals surface area contributed by atoms with Gasteiger partial charge in [-0.15, -0.1) is 11.6 Å². The summed E-state index contributed by atoms with van der Waals surface area (Å²) in [6.45, 7) is 4.80. The van der Waals surface area contributed by atoms with Gasteiger partial charge < -0.3 is 26.4 Å². The summed E-state index contributed by atoms with van der Waals surface area (Å²) in [7, 11) is 0. The summed E-state index contributed by atoms with van der Waals surface area (Å²) in [4.78, 5) is 42.2. The van der Waals surface area contributed by atoms with E-state index in [4.69, 9.17) is 27.8 Å². The first-order valence-electron chi connectivity index (χ1n) is 9.63. The zero-order valence-electron chi connectivity index (χ0n) is 16.7. The summed E-state index contributed by atoms with van der Waals surface area (Å²) in [5.74, 6) is -1.10. The minimum absolute atomic E-state index is 0.0265. The van der Waals surface area contributed by atoms with Crippen LogP contribution in [-0.2, 0) is 19.1 Å². The molecule has 9 nitrogen and oxygen atoms in total. The fourth-order valence-electron chi connectivity index (χ4n) is 3.09. The van der Waals surface area contributed by atoms with Crippen LogP contribution < -0.4 is 16.8 Å². The number of nitrogens with zero attached hydrogens (tertiary/aromatic N) is 2. The van der Waals surface area contributed by atoms with Crippen LogP contribution in [0.4, 0.5) is 0 Å². The van der Waals surface area contributed by atoms with Crippen molar-refractivity contribution in [2.24, 2.45) is 16.5 Å². The first kappa shape index (κ1) is 24.2. The second-order valence-electron chi connectivity index (χ2n) is 6.88. The van der Waals surface area contributed by atoms with Crippen molar-refractivity contribution in [3.8, 4) is 0 Å². The highest BCUT2D eigenvalue weighted by Crippen LogP contribution is 2.21. The third-order valence-electron chi connectivity index (χ3n) is 4.60. The Morgan fingerprint density at radius 2 is 2.04 bits per heavy atom. The van der Waals surface area contributed by atoms with Crippen molar-refractivity contribution in [3.05, 3.63) is 0 Å². The first-order valence-corrected chi connectivity index (χ1v) is 10.2. The van der Waals surface area contributed by atoms with Gasteiger partial charge in [-0.3, -0.25) is 19.4 Å². The molecule has 0 aromatic heterocycles. The Kier molecular flexibility index (Phi) is 10.8.